The molecule has 1 rings (SSSR count). The highest BCUT2D eigenvalue weighted by atomic mass is 19.4. The fraction of sp³-hybridized carbons (Fsp3) is 0.538. The molecule has 5 heteroatoms. The quantitative estimate of drug-likeness (QED) is 0.853. The predicted octanol–water partition coefficient (Wildman–Crippen LogP) is 3.13. The maximum atomic E-state index is 12.4. The molecular weight excluding hydrogens is 243 g/mol. The summed E-state index contributed by atoms with van der Waals surface area (Å²) in [5, 5.41) is 12.0. The Labute approximate surface area is 105 Å². The molecule has 0 spiro atoms. The van der Waals surface area contributed by atoms with Crippen LogP contribution in [0.1, 0.15) is 37.4 Å². The highest BCUT2D eigenvalue weighted by Crippen LogP contribution is 2.29. The van der Waals surface area contributed by atoms with Gasteiger partial charge in [-0.15, -0.1) is 0 Å². The normalized spacial score (nSPS) is 15.4. The Balaban J connectivity index is 2.67. The van der Waals surface area contributed by atoms with Crippen LogP contribution < -0.4 is 5.32 Å². The maximum absolute atomic E-state index is 12.4. The van der Waals surface area contributed by atoms with Gasteiger partial charge in [0.2, 0.25) is 0 Å². The zero-order chi connectivity index (χ0) is 13.8. The van der Waals surface area contributed by atoms with E-state index in [1.165, 1.54) is 12.1 Å². The molecule has 1 aromatic carbocycles. The average Bonchev–Trinajstić information content (AvgIpc) is 2.28. The highest BCUT2D eigenvalue weighted by molar-refractivity contribution is 5.26. The van der Waals surface area contributed by atoms with Crippen LogP contribution in [0.3, 0.4) is 0 Å². The van der Waals surface area contributed by atoms with E-state index in [0.29, 0.717) is 6.42 Å². The van der Waals surface area contributed by atoms with Crippen LogP contribution in [0.5, 0.6) is 0 Å². The van der Waals surface area contributed by atoms with Gasteiger partial charge in [-0.1, -0.05) is 12.1 Å². The summed E-state index contributed by atoms with van der Waals surface area (Å²) in [5.41, 5.74) is 0.162. The summed E-state index contributed by atoms with van der Waals surface area (Å²) < 4.78 is 37.2. The van der Waals surface area contributed by atoms with Gasteiger partial charge in [-0.3, -0.25) is 0 Å². The van der Waals surface area contributed by atoms with Crippen LogP contribution in [0.2, 0.25) is 0 Å². The summed E-state index contributed by atoms with van der Waals surface area (Å²) in [6.45, 7) is 3.90. The Morgan fingerprint density at radius 3 is 2.17 bits per heavy atom. The molecule has 0 heterocycles. The van der Waals surface area contributed by atoms with Crippen LogP contribution in [0.4, 0.5) is 13.2 Å². The number of hydrogen-bond donors (Lipinski definition) is 2. The molecule has 0 saturated carbocycles. The number of aliphatic hydroxyl groups excluding tert-OH is 1. The van der Waals surface area contributed by atoms with E-state index < -0.39 is 11.7 Å². The van der Waals surface area contributed by atoms with E-state index in [-0.39, 0.29) is 18.7 Å². The van der Waals surface area contributed by atoms with Gasteiger partial charge < -0.3 is 10.4 Å². The molecule has 0 fully saturated rings. The molecular formula is C13H18F3NO. The fourth-order valence-electron chi connectivity index (χ4n) is 1.76. The third-order valence-electron chi connectivity index (χ3n) is 2.83. The third kappa shape index (κ3) is 4.31. The summed E-state index contributed by atoms with van der Waals surface area (Å²) in [6, 6.07) is 5.20. The Hall–Kier alpha value is -1.07. The van der Waals surface area contributed by atoms with Gasteiger partial charge in [0.15, 0.2) is 0 Å². The van der Waals surface area contributed by atoms with Crippen LogP contribution >= 0.6 is 0 Å². The molecule has 18 heavy (non-hydrogen) atoms. The minimum Gasteiger partial charge on any atom is -0.396 e. The zero-order valence-corrected chi connectivity index (χ0v) is 10.5. The van der Waals surface area contributed by atoms with E-state index in [1.807, 2.05) is 13.8 Å². The van der Waals surface area contributed by atoms with Crippen molar-refractivity contribution >= 4 is 0 Å². The number of aliphatic hydroxyl groups is 1. The van der Waals surface area contributed by atoms with Gasteiger partial charge in [-0.2, -0.15) is 13.2 Å². The maximum Gasteiger partial charge on any atom is 0.416 e. The number of hydrogen-bond acceptors (Lipinski definition) is 2. The smallest absolute Gasteiger partial charge is 0.396 e. The molecule has 0 aromatic heterocycles. The van der Waals surface area contributed by atoms with Gasteiger partial charge in [-0.25, -0.2) is 0 Å². The Morgan fingerprint density at radius 2 is 1.72 bits per heavy atom. The van der Waals surface area contributed by atoms with Crippen LogP contribution in [-0.4, -0.2) is 17.8 Å². The monoisotopic (exact) mass is 261 g/mol. The molecule has 2 N–H and O–H groups in total. The van der Waals surface area contributed by atoms with E-state index in [2.05, 4.69) is 5.32 Å². The van der Waals surface area contributed by atoms with Crippen LogP contribution in [0.15, 0.2) is 24.3 Å². The van der Waals surface area contributed by atoms with Crippen LogP contribution in [0, 0.1) is 0 Å². The molecule has 0 aliphatic heterocycles. The van der Waals surface area contributed by atoms with Gasteiger partial charge >= 0.3 is 6.18 Å². The van der Waals surface area contributed by atoms with Crippen molar-refractivity contribution in [2.45, 2.75) is 38.5 Å². The first kappa shape index (κ1) is 15.0. The molecule has 1 aromatic rings. The Morgan fingerprint density at radius 1 is 1.17 bits per heavy atom. The lowest BCUT2D eigenvalue weighted by Gasteiger charge is -2.20. The number of halogens is 3. The Kier molecular flexibility index (Phi) is 5.16. The van der Waals surface area contributed by atoms with Crippen molar-refractivity contribution in [1.82, 2.24) is 5.32 Å². The summed E-state index contributed by atoms with van der Waals surface area (Å²) in [7, 11) is 0. The summed E-state index contributed by atoms with van der Waals surface area (Å²) in [4.78, 5) is 0. The molecule has 0 amide bonds. The number of rotatable bonds is 5. The second-order valence-corrected chi connectivity index (χ2v) is 4.42. The molecule has 102 valence electrons. The first-order valence-corrected chi connectivity index (χ1v) is 5.88. The minimum absolute atomic E-state index is 0.0474. The van der Waals surface area contributed by atoms with E-state index >= 15 is 0 Å². The second kappa shape index (κ2) is 6.20. The molecule has 0 bridgehead atoms. The highest BCUT2D eigenvalue weighted by Gasteiger charge is 2.30. The standard InChI is InChI=1S/C13H18F3NO/c1-9(7-8-18)17-10(2)11-3-5-12(6-4-11)13(14,15)16/h3-6,9-10,17-18H,7-8H2,1-2H3. The van der Waals surface area contributed by atoms with Crippen LogP contribution in [-0.2, 0) is 6.18 Å². The molecule has 2 unspecified atom stereocenters. The van der Waals surface area contributed by atoms with Gasteiger partial charge in [0.1, 0.15) is 0 Å². The summed E-state index contributed by atoms with van der Waals surface area (Å²) >= 11 is 0. The molecule has 0 aliphatic rings. The molecule has 0 saturated heterocycles. The number of alkyl halides is 3. The topological polar surface area (TPSA) is 32.3 Å². The lowest BCUT2D eigenvalue weighted by molar-refractivity contribution is -0.137. The number of nitrogens with one attached hydrogen (secondary N) is 1. The molecule has 2 atom stereocenters. The van der Waals surface area contributed by atoms with Crippen LogP contribution in [0.25, 0.3) is 0 Å². The van der Waals surface area contributed by atoms with Crippen molar-refractivity contribution < 1.29 is 18.3 Å². The molecule has 0 radical (unpaired) electrons. The Bertz CT molecular complexity index is 361. The lowest BCUT2D eigenvalue weighted by Crippen LogP contribution is -2.29. The third-order valence-corrected chi connectivity index (χ3v) is 2.83. The number of benzene rings is 1. The van der Waals surface area contributed by atoms with E-state index in [1.54, 1.807) is 0 Å². The van der Waals surface area contributed by atoms with Gasteiger partial charge in [0.25, 0.3) is 0 Å². The van der Waals surface area contributed by atoms with Crippen molar-refractivity contribution in [1.29, 1.82) is 0 Å². The van der Waals surface area contributed by atoms with E-state index in [4.69, 9.17) is 5.11 Å². The lowest BCUT2D eigenvalue weighted by atomic mass is 10.0. The zero-order valence-electron chi connectivity index (χ0n) is 10.5. The summed E-state index contributed by atoms with van der Waals surface area (Å²) in [5.74, 6) is 0. The van der Waals surface area contributed by atoms with Crippen molar-refractivity contribution in [3.8, 4) is 0 Å². The predicted molar refractivity (Wildman–Crippen MR) is 64.2 cm³/mol. The van der Waals surface area contributed by atoms with Gasteiger partial charge in [0.05, 0.1) is 5.56 Å². The SMILES string of the molecule is CC(CCO)NC(C)c1ccc(C(F)(F)F)cc1. The van der Waals surface area contributed by atoms with Crippen molar-refractivity contribution in [3.63, 3.8) is 0 Å². The largest absolute Gasteiger partial charge is 0.416 e. The van der Waals surface area contributed by atoms with Crippen molar-refractivity contribution in [2.24, 2.45) is 0 Å². The fourth-order valence-corrected chi connectivity index (χ4v) is 1.76. The first-order chi connectivity index (χ1) is 8.34. The minimum atomic E-state index is -4.29. The van der Waals surface area contributed by atoms with E-state index in [9.17, 15) is 13.2 Å². The van der Waals surface area contributed by atoms with Crippen molar-refractivity contribution in [2.75, 3.05) is 6.61 Å². The first-order valence-electron chi connectivity index (χ1n) is 5.88. The second-order valence-electron chi connectivity index (χ2n) is 4.42. The van der Waals surface area contributed by atoms with Gasteiger partial charge in [0, 0.05) is 18.7 Å². The molecule has 0 aliphatic carbocycles. The van der Waals surface area contributed by atoms with Crippen molar-refractivity contribution in [3.05, 3.63) is 35.4 Å². The van der Waals surface area contributed by atoms with E-state index in [0.717, 1.165) is 17.7 Å². The summed E-state index contributed by atoms with van der Waals surface area (Å²) in [6.07, 6.45) is -3.68. The average molecular weight is 261 g/mol. The molecule has 2 nitrogen and oxygen atoms in total. The van der Waals surface area contributed by atoms with Gasteiger partial charge in [-0.05, 0) is 38.0 Å².